The number of Topliss-reactive ketones (excluding diaryl/α,β-unsaturated/α-hetero) is 1. The molecule has 38 heavy (non-hydrogen) atoms. The number of likely N-dealkylation sites (tertiary alicyclic amines) is 2. The Bertz CT molecular complexity index is 1370. The summed E-state index contributed by atoms with van der Waals surface area (Å²) in [6.45, 7) is 1.82. The Morgan fingerprint density at radius 3 is 2.13 bits per heavy atom. The van der Waals surface area contributed by atoms with Crippen LogP contribution < -0.4 is 0 Å². The minimum Gasteiger partial charge on any atom is -0.507 e. The van der Waals surface area contributed by atoms with E-state index >= 15 is 4.39 Å². The van der Waals surface area contributed by atoms with Gasteiger partial charge in [0.2, 0.25) is 0 Å². The molecule has 3 aromatic rings. The highest BCUT2D eigenvalue weighted by Crippen LogP contribution is 2.42. The molecule has 0 aliphatic carbocycles. The van der Waals surface area contributed by atoms with Crippen molar-refractivity contribution in [2.45, 2.75) is 31.3 Å². The first-order chi connectivity index (χ1) is 18.3. The van der Waals surface area contributed by atoms with Crippen LogP contribution in [0.5, 0.6) is 0 Å². The fourth-order valence-corrected chi connectivity index (χ4v) is 5.64. The predicted octanol–water partition coefficient (Wildman–Crippen LogP) is 6.78. The number of halogens is 3. The summed E-state index contributed by atoms with van der Waals surface area (Å²) in [5.41, 5.74) is 1.27. The van der Waals surface area contributed by atoms with Crippen LogP contribution in [-0.2, 0) is 9.59 Å². The lowest BCUT2D eigenvalue weighted by atomic mass is 9.94. The van der Waals surface area contributed by atoms with E-state index in [4.69, 9.17) is 23.2 Å². The smallest absolute Gasteiger partial charge is 0.295 e. The number of benzene rings is 3. The number of ketones is 1. The van der Waals surface area contributed by atoms with Crippen molar-refractivity contribution in [3.8, 4) is 0 Å². The van der Waals surface area contributed by atoms with Crippen LogP contribution in [0, 0.1) is 5.82 Å². The van der Waals surface area contributed by atoms with Crippen molar-refractivity contribution in [1.29, 1.82) is 0 Å². The molecule has 2 fully saturated rings. The molecule has 196 valence electrons. The average molecular weight is 553 g/mol. The molecule has 3 aromatic carbocycles. The number of nitrogens with zero attached hydrogens (tertiary/aromatic N) is 2. The molecular formula is C30H27Cl2FN2O3. The Labute approximate surface area is 231 Å². The van der Waals surface area contributed by atoms with Crippen LogP contribution in [0.2, 0.25) is 10.0 Å². The summed E-state index contributed by atoms with van der Waals surface area (Å²) < 4.78 is 15.2. The van der Waals surface area contributed by atoms with Gasteiger partial charge in [-0.05, 0) is 74.0 Å². The maximum absolute atomic E-state index is 15.2. The number of carbonyl (C=O) groups is 2. The number of aliphatic hydroxyl groups excluding tert-OH is 1. The van der Waals surface area contributed by atoms with Crippen LogP contribution in [0.1, 0.15) is 48.0 Å². The van der Waals surface area contributed by atoms with Gasteiger partial charge < -0.3 is 10.0 Å². The third-order valence-electron chi connectivity index (χ3n) is 7.31. The van der Waals surface area contributed by atoms with E-state index in [1.54, 1.807) is 54.6 Å². The standard InChI is InChI=1S/C30H27Cl2FN2O3/c31-21-12-8-19(9-13-21)25(34-16-4-1-5-17-34)18-35-27(23-6-2-3-7-24(23)33)26(29(37)30(35)38)28(36)20-10-14-22(32)15-11-20/h2-3,6-15,25,27,36H,1,4-5,16-18H2/t25-,27-/m0/s1. The molecule has 0 spiro atoms. The van der Waals surface area contributed by atoms with Gasteiger partial charge in [0.05, 0.1) is 17.7 Å². The van der Waals surface area contributed by atoms with Crippen LogP contribution in [0.25, 0.3) is 5.76 Å². The molecule has 0 aromatic heterocycles. The first kappa shape index (κ1) is 26.4. The lowest BCUT2D eigenvalue weighted by molar-refractivity contribution is -0.140. The van der Waals surface area contributed by atoms with Crippen molar-refractivity contribution in [3.05, 3.63) is 111 Å². The number of amides is 1. The SMILES string of the molecule is O=C1C(=O)N(C[C@@H](c2ccc(Cl)cc2)N2CCCCC2)[C@@H](c2ccccc2F)C1=C(O)c1ccc(Cl)cc1. The normalized spacial score (nSPS) is 20.6. The van der Waals surface area contributed by atoms with Crippen molar-refractivity contribution in [2.75, 3.05) is 19.6 Å². The number of rotatable bonds is 6. The molecule has 2 aliphatic rings. The summed E-state index contributed by atoms with van der Waals surface area (Å²) >= 11 is 12.2. The van der Waals surface area contributed by atoms with Crippen LogP contribution in [-0.4, -0.2) is 46.2 Å². The minimum atomic E-state index is -1.09. The van der Waals surface area contributed by atoms with E-state index in [0.717, 1.165) is 37.9 Å². The summed E-state index contributed by atoms with van der Waals surface area (Å²) in [5.74, 6) is -2.55. The van der Waals surface area contributed by atoms with Gasteiger partial charge >= 0.3 is 0 Å². The Kier molecular flexibility index (Phi) is 7.84. The Morgan fingerprint density at radius 1 is 0.895 bits per heavy atom. The van der Waals surface area contributed by atoms with Crippen molar-refractivity contribution in [3.63, 3.8) is 0 Å². The maximum atomic E-state index is 15.2. The summed E-state index contributed by atoms with van der Waals surface area (Å²) in [4.78, 5) is 30.7. The topological polar surface area (TPSA) is 60.9 Å². The van der Waals surface area contributed by atoms with Crippen molar-refractivity contribution < 1.29 is 19.1 Å². The van der Waals surface area contributed by atoms with E-state index in [0.29, 0.717) is 15.6 Å². The van der Waals surface area contributed by atoms with E-state index in [1.807, 2.05) is 12.1 Å². The Morgan fingerprint density at radius 2 is 1.50 bits per heavy atom. The monoisotopic (exact) mass is 552 g/mol. The Balaban J connectivity index is 1.62. The zero-order chi connectivity index (χ0) is 26.8. The molecule has 1 amide bonds. The number of carbonyl (C=O) groups excluding carboxylic acids is 2. The highest BCUT2D eigenvalue weighted by Gasteiger charge is 2.48. The van der Waals surface area contributed by atoms with Gasteiger partial charge in [-0.25, -0.2) is 4.39 Å². The molecule has 0 bridgehead atoms. The first-order valence-corrected chi connectivity index (χ1v) is 13.4. The van der Waals surface area contributed by atoms with Crippen LogP contribution in [0.3, 0.4) is 0 Å². The van der Waals surface area contributed by atoms with Gasteiger partial charge in [0.15, 0.2) is 0 Å². The van der Waals surface area contributed by atoms with Gasteiger partial charge in [-0.2, -0.15) is 0 Å². The number of piperidine rings is 1. The van der Waals surface area contributed by atoms with Gasteiger partial charge in [-0.15, -0.1) is 0 Å². The van der Waals surface area contributed by atoms with Gasteiger partial charge in [0.25, 0.3) is 11.7 Å². The molecule has 0 unspecified atom stereocenters. The molecule has 2 aliphatic heterocycles. The van der Waals surface area contributed by atoms with E-state index in [2.05, 4.69) is 4.90 Å². The van der Waals surface area contributed by atoms with Gasteiger partial charge in [0.1, 0.15) is 11.6 Å². The zero-order valence-electron chi connectivity index (χ0n) is 20.6. The molecule has 2 saturated heterocycles. The van der Waals surface area contributed by atoms with E-state index in [-0.39, 0.29) is 29.5 Å². The summed E-state index contributed by atoms with van der Waals surface area (Å²) in [7, 11) is 0. The highest BCUT2D eigenvalue weighted by molar-refractivity contribution is 6.46. The largest absolute Gasteiger partial charge is 0.507 e. The molecule has 5 nitrogen and oxygen atoms in total. The summed E-state index contributed by atoms with van der Waals surface area (Å²) in [6, 6.07) is 18.4. The predicted molar refractivity (Wildman–Crippen MR) is 146 cm³/mol. The lowest BCUT2D eigenvalue weighted by Crippen LogP contribution is -2.42. The van der Waals surface area contributed by atoms with Crippen molar-refractivity contribution in [2.24, 2.45) is 0 Å². The molecule has 0 radical (unpaired) electrons. The van der Waals surface area contributed by atoms with Crippen LogP contribution in [0.4, 0.5) is 4.39 Å². The van der Waals surface area contributed by atoms with Gasteiger partial charge in [0, 0.05) is 27.7 Å². The average Bonchev–Trinajstić information content (AvgIpc) is 3.18. The highest BCUT2D eigenvalue weighted by atomic mass is 35.5. The molecule has 5 rings (SSSR count). The second kappa shape index (κ2) is 11.3. The third kappa shape index (κ3) is 5.21. The maximum Gasteiger partial charge on any atom is 0.295 e. The molecule has 8 heteroatoms. The summed E-state index contributed by atoms with van der Waals surface area (Å²) in [5, 5.41) is 12.3. The number of aliphatic hydroxyl groups is 1. The lowest BCUT2D eigenvalue weighted by Gasteiger charge is -2.38. The third-order valence-corrected chi connectivity index (χ3v) is 7.82. The zero-order valence-corrected chi connectivity index (χ0v) is 22.1. The van der Waals surface area contributed by atoms with E-state index in [9.17, 15) is 14.7 Å². The fraction of sp³-hybridized carbons (Fsp3) is 0.267. The van der Waals surface area contributed by atoms with E-state index < -0.39 is 23.5 Å². The molecule has 2 heterocycles. The van der Waals surface area contributed by atoms with Crippen molar-refractivity contribution >= 4 is 40.7 Å². The van der Waals surface area contributed by atoms with Gasteiger partial charge in [-0.3, -0.25) is 14.5 Å². The number of hydrogen-bond acceptors (Lipinski definition) is 4. The van der Waals surface area contributed by atoms with Crippen LogP contribution in [0.15, 0.2) is 78.4 Å². The first-order valence-electron chi connectivity index (χ1n) is 12.6. The molecular weight excluding hydrogens is 526 g/mol. The minimum absolute atomic E-state index is 0.141. The second-order valence-corrected chi connectivity index (χ2v) is 10.5. The van der Waals surface area contributed by atoms with Crippen LogP contribution >= 0.6 is 23.2 Å². The van der Waals surface area contributed by atoms with Crippen molar-refractivity contribution in [1.82, 2.24) is 9.80 Å². The fourth-order valence-electron chi connectivity index (χ4n) is 5.38. The summed E-state index contributed by atoms with van der Waals surface area (Å²) in [6.07, 6.45) is 3.18. The van der Waals surface area contributed by atoms with E-state index in [1.165, 1.54) is 11.0 Å². The number of hydrogen-bond donors (Lipinski definition) is 1. The molecule has 0 saturated carbocycles. The molecule has 2 atom stereocenters. The Hall–Kier alpha value is -3.19. The second-order valence-electron chi connectivity index (χ2n) is 9.64. The quantitative estimate of drug-likeness (QED) is 0.208. The van der Waals surface area contributed by atoms with Gasteiger partial charge in [-0.1, -0.05) is 60.0 Å². The molecule has 1 N–H and O–H groups in total.